The van der Waals surface area contributed by atoms with Gasteiger partial charge < -0.3 is 15.2 Å². The van der Waals surface area contributed by atoms with Gasteiger partial charge in [-0.2, -0.15) is 0 Å². The van der Waals surface area contributed by atoms with E-state index in [-0.39, 0.29) is 24.8 Å². The maximum atomic E-state index is 11.6. The fourth-order valence-electron chi connectivity index (χ4n) is 1.26. The summed E-state index contributed by atoms with van der Waals surface area (Å²) in [6.07, 6.45) is -0.856. The summed E-state index contributed by atoms with van der Waals surface area (Å²) >= 11 is 0. The highest BCUT2D eigenvalue weighted by atomic mass is 16.6. The van der Waals surface area contributed by atoms with E-state index in [1.807, 2.05) is 13.8 Å². The molecule has 0 saturated heterocycles. The topological polar surface area (TPSA) is 92.7 Å². The van der Waals surface area contributed by atoms with Crippen LogP contribution in [0.3, 0.4) is 0 Å². The van der Waals surface area contributed by atoms with Crippen LogP contribution in [0.15, 0.2) is 0 Å². The van der Waals surface area contributed by atoms with Gasteiger partial charge in [0.1, 0.15) is 0 Å². The predicted octanol–water partition coefficient (Wildman–Crippen LogP) is 0.801. The molecule has 6 heteroatoms. The van der Waals surface area contributed by atoms with Crippen molar-refractivity contribution in [2.45, 2.75) is 40.2 Å². The van der Waals surface area contributed by atoms with Crippen LogP contribution >= 0.6 is 0 Å². The molecule has 0 radical (unpaired) electrons. The second-order valence-electron chi connectivity index (χ2n) is 4.73. The highest BCUT2D eigenvalue weighted by molar-refractivity contribution is 5.80. The summed E-state index contributed by atoms with van der Waals surface area (Å²) in [4.78, 5) is 33.2. The van der Waals surface area contributed by atoms with E-state index in [1.54, 1.807) is 6.92 Å². The zero-order valence-corrected chi connectivity index (χ0v) is 11.2. The quantitative estimate of drug-likeness (QED) is 0.660. The number of hydrogen-bond acceptors (Lipinski definition) is 4. The molecule has 0 aromatic rings. The lowest BCUT2D eigenvalue weighted by atomic mass is 10.1. The first-order valence-electron chi connectivity index (χ1n) is 5.91. The number of aliphatic carboxylic acids is 1. The maximum Gasteiger partial charge on any atom is 0.345 e. The first-order chi connectivity index (χ1) is 8.23. The highest BCUT2D eigenvalue weighted by Gasteiger charge is 2.26. The van der Waals surface area contributed by atoms with E-state index in [1.165, 1.54) is 6.92 Å². The molecule has 0 aliphatic rings. The molecule has 0 spiro atoms. The Morgan fingerprint density at radius 2 is 1.78 bits per heavy atom. The monoisotopic (exact) mass is 259 g/mol. The third-order valence-corrected chi connectivity index (χ3v) is 2.28. The molecule has 2 N–H and O–H groups in total. The lowest BCUT2D eigenvalue weighted by Crippen LogP contribution is -2.35. The standard InChI is InChI=1S/C12H21NO5/c1-7(2)5-10(11(15)16)18-12(17)8(3)6-13-9(4)14/h7-8,10H,5-6H2,1-4H3,(H,13,14)(H,15,16). The molecule has 0 aliphatic carbocycles. The number of amides is 1. The number of esters is 1. The second-order valence-corrected chi connectivity index (χ2v) is 4.73. The maximum absolute atomic E-state index is 11.6. The molecule has 0 aliphatic heterocycles. The Morgan fingerprint density at radius 1 is 1.22 bits per heavy atom. The Kier molecular flexibility index (Phi) is 7.00. The molecule has 104 valence electrons. The highest BCUT2D eigenvalue weighted by Crippen LogP contribution is 2.11. The molecule has 0 heterocycles. The van der Waals surface area contributed by atoms with Crippen LogP contribution in [0.2, 0.25) is 0 Å². The minimum Gasteiger partial charge on any atom is -0.479 e. The normalized spacial score (nSPS) is 13.8. The SMILES string of the molecule is CC(=O)NCC(C)C(=O)OC(CC(C)C)C(=O)O. The lowest BCUT2D eigenvalue weighted by molar-refractivity contribution is -0.167. The lowest BCUT2D eigenvalue weighted by Gasteiger charge is -2.18. The zero-order chi connectivity index (χ0) is 14.3. The Morgan fingerprint density at radius 3 is 2.17 bits per heavy atom. The molecular formula is C12H21NO5. The van der Waals surface area contributed by atoms with E-state index in [4.69, 9.17) is 9.84 Å². The van der Waals surface area contributed by atoms with Crippen molar-refractivity contribution in [3.8, 4) is 0 Å². The van der Waals surface area contributed by atoms with Gasteiger partial charge in [-0.25, -0.2) is 4.79 Å². The fraction of sp³-hybridized carbons (Fsp3) is 0.750. The van der Waals surface area contributed by atoms with Crippen LogP contribution in [0.1, 0.15) is 34.1 Å². The minimum atomic E-state index is -1.15. The van der Waals surface area contributed by atoms with E-state index >= 15 is 0 Å². The Labute approximate surface area is 107 Å². The van der Waals surface area contributed by atoms with E-state index < -0.39 is 24.0 Å². The van der Waals surface area contributed by atoms with Crippen LogP contribution in [0.25, 0.3) is 0 Å². The van der Waals surface area contributed by atoms with E-state index in [9.17, 15) is 14.4 Å². The predicted molar refractivity (Wildman–Crippen MR) is 64.8 cm³/mol. The summed E-state index contributed by atoms with van der Waals surface area (Å²) in [6.45, 7) is 6.76. The number of ether oxygens (including phenoxy) is 1. The number of carbonyl (C=O) groups excluding carboxylic acids is 2. The zero-order valence-electron chi connectivity index (χ0n) is 11.2. The molecule has 2 atom stereocenters. The third kappa shape index (κ3) is 6.88. The Balaban J connectivity index is 4.31. The summed E-state index contributed by atoms with van der Waals surface area (Å²) in [5, 5.41) is 11.4. The summed E-state index contributed by atoms with van der Waals surface area (Å²) in [7, 11) is 0. The van der Waals surface area contributed by atoms with Crippen LogP contribution in [-0.2, 0) is 19.1 Å². The van der Waals surface area contributed by atoms with Crippen molar-refractivity contribution in [2.75, 3.05) is 6.54 Å². The van der Waals surface area contributed by atoms with Crippen LogP contribution in [-0.4, -0.2) is 35.6 Å². The van der Waals surface area contributed by atoms with Gasteiger partial charge in [-0.15, -0.1) is 0 Å². The molecule has 0 aromatic carbocycles. The van der Waals surface area contributed by atoms with Crippen molar-refractivity contribution in [3.05, 3.63) is 0 Å². The Hall–Kier alpha value is -1.59. The molecule has 18 heavy (non-hydrogen) atoms. The van der Waals surface area contributed by atoms with Gasteiger partial charge in [-0.1, -0.05) is 20.8 Å². The largest absolute Gasteiger partial charge is 0.479 e. The number of hydrogen-bond donors (Lipinski definition) is 2. The van der Waals surface area contributed by atoms with Crippen molar-refractivity contribution < 1.29 is 24.2 Å². The second kappa shape index (κ2) is 7.68. The summed E-state index contributed by atoms with van der Waals surface area (Å²) in [5.41, 5.74) is 0. The molecule has 0 aromatic heterocycles. The first-order valence-corrected chi connectivity index (χ1v) is 5.91. The Bertz CT molecular complexity index is 314. The molecule has 6 nitrogen and oxygen atoms in total. The first kappa shape index (κ1) is 16.4. The van der Waals surface area contributed by atoms with Crippen molar-refractivity contribution in [1.82, 2.24) is 5.32 Å². The van der Waals surface area contributed by atoms with Crippen molar-refractivity contribution in [3.63, 3.8) is 0 Å². The molecule has 0 saturated carbocycles. The van der Waals surface area contributed by atoms with Gasteiger partial charge in [0.25, 0.3) is 0 Å². The summed E-state index contributed by atoms with van der Waals surface area (Å²) in [6, 6.07) is 0. The van der Waals surface area contributed by atoms with Gasteiger partial charge in [-0.05, 0) is 12.3 Å². The molecule has 0 rings (SSSR count). The van der Waals surface area contributed by atoms with Gasteiger partial charge in [0.05, 0.1) is 5.92 Å². The van der Waals surface area contributed by atoms with Crippen molar-refractivity contribution in [2.24, 2.45) is 11.8 Å². The summed E-state index contributed by atoms with van der Waals surface area (Å²) < 4.78 is 4.93. The van der Waals surface area contributed by atoms with Crippen LogP contribution in [0.4, 0.5) is 0 Å². The average molecular weight is 259 g/mol. The van der Waals surface area contributed by atoms with Crippen molar-refractivity contribution >= 4 is 17.8 Å². The number of carboxylic acid groups (broad SMARTS) is 1. The van der Waals surface area contributed by atoms with E-state index in [2.05, 4.69) is 5.32 Å². The summed E-state index contributed by atoms with van der Waals surface area (Å²) in [5.74, 6) is -2.46. The van der Waals surface area contributed by atoms with E-state index in [0.29, 0.717) is 0 Å². The minimum absolute atomic E-state index is 0.115. The van der Waals surface area contributed by atoms with Gasteiger partial charge in [0.15, 0.2) is 6.10 Å². The van der Waals surface area contributed by atoms with Gasteiger partial charge in [0, 0.05) is 13.5 Å². The fourth-order valence-corrected chi connectivity index (χ4v) is 1.26. The van der Waals surface area contributed by atoms with E-state index in [0.717, 1.165) is 0 Å². The molecular weight excluding hydrogens is 238 g/mol. The van der Waals surface area contributed by atoms with Gasteiger partial charge >= 0.3 is 11.9 Å². The molecule has 2 unspecified atom stereocenters. The number of nitrogens with one attached hydrogen (secondary N) is 1. The number of carboxylic acids is 1. The van der Waals surface area contributed by atoms with Gasteiger partial charge in [0.2, 0.25) is 5.91 Å². The molecule has 0 fully saturated rings. The molecule has 1 amide bonds. The smallest absolute Gasteiger partial charge is 0.345 e. The molecule has 0 bridgehead atoms. The van der Waals surface area contributed by atoms with Crippen LogP contribution in [0, 0.1) is 11.8 Å². The number of carbonyl (C=O) groups is 3. The van der Waals surface area contributed by atoms with Crippen molar-refractivity contribution in [1.29, 1.82) is 0 Å². The van der Waals surface area contributed by atoms with Crippen LogP contribution in [0.5, 0.6) is 0 Å². The average Bonchev–Trinajstić information content (AvgIpc) is 2.23. The van der Waals surface area contributed by atoms with Crippen LogP contribution < -0.4 is 5.32 Å². The van der Waals surface area contributed by atoms with Gasteiger partial charge in [-0.3, -0.25) is 9.59 Å². The number of rotatable bonds is 7. The third-order valence-electron chi connectivity index (χ3n) is 2.28.